The predicted molar refractivity (Wildman–Crippen MR) is 123 cm³/mol. The molecule has 1 saturated heterocycles. The maximum absolute atomic E-state index is 13.2. The van der Waals surface area contributed by atoms with Gasteiger partial charge in [-0.1, -0.05) is 0 Å². The number of aromatic amines is 1. The minimum Gasteiger partial charge on any atom is -0.497 e. The van der Waals surface area contributed by atoms with E-state index >= 15 is 0 Å². The van der Waals surface area contributed by atoms with E-state index in [-0.39, 0.29) is 17.5 Å². The molecule has 0 bridgehead atoms. The molecule has 8 heteroatoms. The molecule has 0 amide bonds. The number of hydrogen-bond donors (Lipinski definition) is 2. The molecule has 1 aliphatic rings. The summed E-state index contributed by atoms with van der Waals surface area (Å²) in [7, 11) is 1.59. The summed E-state index contributed by atoms with van der Waals surface area (Å²) in [4.78, 5) is 17.6. The lowest BCUT2D eigenvalue weighted by molar-refractivity contribution is 0.0904. The van der Waals surface area contributed by atoms with Crippen LogP contribution in [0.2, 0.25) is 0 Å². The second kappa shape index (κ2) is 9.45. The van der Waals surface area contributed by atoms with Gasteiger partial charge in [-0.25, -0.2) is 4.39 Å². The van der Waals surface area contributed by atoms with E-state index < -0.39 is 0 Å². The van der Waals surface area contributed by atoms with Crippen LogP contribution < -0.4 is 15.6 Å². The second-order valence-corrected chi connectivity index (χ2v) is 7.92. The summed E-state index contributed by atoms with van der Waals surface area (Å²) in [5.74, 6) is 0.368. The molecule has 2 heterocycles. The number of hydrogen-bond acceptors (Lipinski definition) is 4. The second-order valence-electron chi connectivity index (χ2n) is 7.53. The van der Waals surface area contributed by atoms with Crippen LogP contribution in [0.5, 0.6) is 5.75 Å². The number of methoxy groups -OCH3 is 1. The van der Waals surface area contributed by atoms with E-state index in [1.165, 1.54) is 12.1 Å². The molecule has 2 aromatic carbocycles. The smallest absolute Gasteiger partial charge is 0.253 e. The van der Waals surface area contributed by atoms with Crippen molar-refractivity contribution in [3.8, 4) is 5.75 Å². The molecule has 1 atom stereocenters. The van der Waals surface area contributed by atoms with E-state index in [9.17, 15) is 9.18 Å². The highest BCUT2D eigenvalue weighted by Gasteiger charge is 2.22. The van der Waals surface area contributed by atoms with Gasteiger partial charge in [-0.05, 0) is 72.9 Å². The molecule has 0 spiro atoms. The zero-order chi connectivity index (χ0) is 21.8. The zero-order valence-electron chi connectivity index (χ0n) is 17.2. The number of nitrogens with zero attached hydrogens (tertiary/aromatic N) is 1. The molecule has 2 N–H and O–H groups in total. The first-order valence-electron chi connectivity index (χ1n) is 10.1. The van der Waals surface area contributed by atoms with Crippen LogP contribution in [0.4, 0.5) is 10.1 Å². The third-order valence-electron chi connectivity index (χ3n) is 5.32. The van der Waals surface area contributed by atoms with Gasteiger partial charge < -0.3 is 24.7 Å². The Balaban J connectivity index is 1.58. The quantitative estimate of drug-likeness (QED) is 0.563. The summed E-state index contributed by atoms with van der Waals surface area (Å²) in [6.07, 6.45) is 2.01. The number of rotatable bonds is 6. The number of H-pyrrole nitrogens is 1. The summed E-state index contributed by atoms with van der Waals surface area (Å²) in [6, 6.07) is 13.4. The molecule has 0 radical (unpaired) electrons. The largest absolute Gasteiger partial charge is 0.497 e. The summed E-state index contributed by atoms with van der Waals surface area (Å²) in [6.45, 7) is 1.62. The van der Waals surface area contributed by atoms with Crippen molar-refractivity contribution in [2.75, 3.05) is 25.6 Å². The summed E-state index contributed by atoms with van der Waals surface area (Å²) in [5.41, 5.74) is 1.82. The first-order chi connectivity index (χ1) is 15.0. The van der Waals surface area contributed by atoms with Gasteiger partial charge in [0.2, 0.25) is 0 Å². The van der Waals surface area contributed by atoms with Gasteiger partial charge in [0, 0.05) is 30.5 Å². The predicted octanol–water partition coefficient (Wildman–Crippen LogP) is 4.05. The molecule has 6 nitrogen and oxygen atoms in total. The lowest BCUT2D eigenvalue weighted by Crippen LogP contribution is -2.40. The van der Waals surface area contributed by atoms with Gasteiger partial charge in [-0.3, -0.25) is 4.79 Å². The molecular formula is C23H24FN3O3S. The minimum absolute atomic E-state index is 0.0526. The molecular weight excluding hydrogens is 417 g/mol. The van der Waals surface area contributed by atoms with Crippen molar-refractivity contribution < 1.29 is 13.9 Å². The van der Waals surface area contributed by atoms with Gasteiger partial charge in [0.25, 0.3) is 5.56 Å². The summed E-state index contributed by atoms with van der Waals surface area (Å²) >= 11 is 5.63. The number of anilines is 1. The third kappa shape index (κ3) is 5.21. The fourth-order valence-electron chi connectivity index (χ4n) is 3.66. The highest BCUT2D eigenvalue weighted by Crippen LogP contribution is 2.20. The Labute approximate surface area is 185 Å². The number of thiocarbonyl (C=S) groups is 1. The van der Waals surface area contributed by atoms with Crippen LogP contribution in [0, 0.1) is 5.82 Å². The first-order valence-corrected chi connectivity index (χ1v) is 10.6. The number of ether oxygens (including phenoxy) is 2. The van der Waals surface area contributed by atoms with Crippen LogP contribution in [0.25, 0.3) is 10.9 Å². The van der Waals surface area contributed by atoms with Gasteiger partial charge in [0.05, 0.1) is 25.3 Å². The van der Waals surface area contributed by atoms with Crippen LogP contribution in [0.1, 0.15) is 18.4 Å². The lowest BCUT2D eigenvalue weighted by atomic mass is 10.1. The van der Waals surface area contributed by atoms with Crippen LogP contribution >= 0.6 is 12.2 Å². The molecule has 0 saturated carbocycles. The number of aromatic nitrogens is 1. The Morgan fingerprint density at radius 2 is 2.10 bits per heavy atom. The Kier molecular flexibility index (Phi) is 6.48. The molecule has 3 aromatic rings. The molecule has 1 unspecified atom stereocenters. The number of pyridine rings is 1. The summed E-state index contributed by atoms with van der Waals surface area (Å²) < 4.78 is 24.2. The SMILES string of the molecule is COc1ccc2cc(CN(CC3CCCO3)C(=S)Nc3ccc(F)cc3)c(=O)[nH]c2c1. The van der Waals surface area contributed by atoms with Gasteiger partial charge in [0.15, 0.2) is 5.11 Å². The Morgan fingerprint density at radius 3 is 2.81 bits per heavy atom. The van der Waals surface area contributed by atoms with Gasteiger partial charge in [-0.15, -0.1) is 0 Å². The van der Waals surface area contributed by atoms with Crippen molar-refractivity contribution in [3.63, 3.8) is 0 Å². The molecule has 1 aliphatic heterocycles. The van der Waals surface area contributed by atoms with E-state index in [0.717, 1.165) is 24.8 Å². The lowest BCUT2D eigenvalue weighted by Gasteiger charge is -2.28. The molecule has 1 fully saturated rings. The fourth-order valence-corrected chi connectivity index (χ4v) is 3.92. The highest BCUT2D eigenvalue weighted by atomic mass is 32.1. The van der Waals surface area contributed by atoms with Crippen molar-refractivity contribution in [2.45, 2.75) is 25.5 Å². The van der Waals surface area contributed by atoms with E-state index in [1.54, 1.807) is 25.3 Å². The van der Waals surface area contributed by atoms with Gasteiger partial charge in [0.1, 0.15) is 11.6 Å². The van der Waals surface area contributed by atoms with Crippen molar-refractivity contribution in [1.82, 2.24) is 9.88 Å². The molecule has 1 aromatic heterocycles. The Bertz CT molecular complexity index is 1130. The molecule has 162 valence electrons. The number of nitrogens with one attached hydrogen (secondary N) is 2. The first kappa shape index (κ1) is 21.3. The average Bonchev–Trinajstić information content (AvgIpc) is 3.28. The van der Waals surface area contributed by atoms with Crippen molar-refractivity contribution >= 4 is 33.9 Å². The van der Waals surface area contributed by atoms with E-state index in [2.05, 4.69) is 10.3 Å². The van der Waals surface area contributed by atoms with Crippen LogP contribution in [-0.2, 0) is 11.3 Å². The normalized spacial score (nSPS) is 15.7. The van der Waals surface area contributed by atoms with E-state index in [1.807, 2.05) is 23.1 Å². The fraction of sp³-hybridized carbons (Fsp3) is 0.304. The Hall–Kier alpha value is -2.97. The minimum atomic E-state index is -0.313. The molecule has 31 heavy (non-hydrogen) atoms. The van der Waals surface area contributed by atoms with Gasteiger partial charge >= 0.3 is 0 Å². The van der Waals surface area contributed by atoms with Gasteiger partial charge in [-0.2, -0.15) is 0 Å². The highest BCUT2D eigenvalue weighted by molar-refractivity contribution is 7.80. The zero-order valence-corrected chi connectivity index (χ0v) is 18.0. The maximum atomic E-state index is 13.2. The van der Waals surface area contributed by atoms with Crippen molar-refractivity contribution in [2.24, 2.45) is 0 Å². The molecule has 4 rings (SSSR count). The number of fused-ring (bicyclic) bond motifs is 1. The standard InChI is InChI=1S/C23H24FN3O3S/c1-29-19-9-4-15-11-16(22(28)26-21(15)12-19)13-27(14-20-3-2-10-30-20)23(31)25-18-7-5-17(24)6-8-18/h4-9,11-12,20H,2-3,10,13-14H2,1H3,(H,25,31)(H,26,28). The Morgan fingerprint density at radius 1 is 1.29 bits per heavy atom. The maximum Gasteiger partial charge on any atom is 0.253 e. The monoisotopic (exact) mass is 441 g/mol. The molecule has 0 aliphatic carbocycles. The van der Waals surface area contributed by atoms with Crippen molar-refractivity contribution in [3.05, 3.63) is 70.3 Å². The van der Waals surface area contributed by atoms with Crippen LogP contribution in [0.3, 0.4) is 0 Å². The van der Waals surface area contributed by atoms with E-state index in [4.69, 9.17) is 21.7 Å². The van der Waals surface area contributed by atoms with Crippen molar-refractivity contribution in [1.29, 1.82) is 0 Å². The van der Waals surface area contributed by atoms with Crippen LogP contribution in [0.15, 0.2) is 53.3 Å². The number of benzene rings is 2. The topological polar surface area (TPSA) is 66.6 Å². The third-order valence-corrected chi connectivity index (χ3v) is 5.68. The number of halogens is 1. The average molecular weight is 442 g/mol. The van der Waals surface area contributed by atoms with E-state index in [0.29, 0.717) is 40.7 Å². The summed E-state index contributed by atoms with van der Waals surface area (Å²) in [5, 5.41) is 4.50. The van der Waals surface area contributed by atoms with Crippen LogP contribution in [-0.4, -0.2) is 41.4 Å².